The molecule has 0 atom stereocenters. The monoisotopic (exact) mass is 320 g/mol. The number of hydrogen-bond acceptors (Lipinski definition) is 1. The zero-order valence-electron chi connectivity index (χ0n) is 11.4. The second-order valence-electron chi connectivity index (χ2n) is 5.39. The van der Waals surface area contributed by atoms with Gasteiger partial charge in [0.1, 0.15) is 0 Å². The Morgan fingerprint density at radius 1 is 1.22 bits per heavy atom. The first kappa shape index (κ1) is 16.3. The molecule has 1 aromatic rings. The molecule has 0 aromatic heterocycles. The van der Waals surface area contributed by atoms with Crippen molar-refractivity contribution in [2.24, 2.45) is 5.92 Å². The van der Waals surface area contributed by atoms with Crippen LogP contribution in [0.5, 0.6) is 0 Å². The van der Waals surface area contributed by atoms with E-state index in [0.29, 0.717) is 6.61 Å². The molecule has 0 heterocycles. The van der Waals surface area contributed by atoms with Gasteiger partial charge in [0.15, 0.2) is 0 Å². The van der Waals surface area contributed by atoms with Gasteiger partial charge in [-0.25, -0.2) is 0 Å². The van der Waals surface area contributed by atoms with Crippen LogP contribution in [0.2, 0.25) is 0 Å². The fourth-order valence-electron chi connectivity index (χ4n) is 2.93. The van der Waals surface area contributed by atoms with E-state index in [1.165, 1.54) is 43.2 Å². The standard InChI is InChI=1S/C16H23O.Y/c1-13-4-8-15(9-5-13)16-10-6-14(7-11-16)3-2-12-17;/h4,8-9,14,16-17H,2-3,6-7,10-12H2,1H3;/q-1;. The Labute approximate surface area is 136 Å². The Morgan fingerprint density at radius 2 is 1.94 bits per heavy atom. The molecule has 1 aliphatic rings. The molecule has 1 saturated carbocycles. The third-order valence-corrected chi connectivity index (χ3v) is 4.08. The van der Waals surface area contributed by atoms with Crippen LogP contribution in [-0.2, 0) is 32.7 Å². The van der Waals surface area contributed by atoms with E-state index in [-0.39, 0.29) is 32.7 Å². The third-order valence-electron chi connectivity index (χ3n) is 4.08. The summed E-state index contributed by atoms with van der Waals surface area (Å²) in [6, 6.07) is 9.93. The molecule has 1 aromatic carbocycles. The van der Waals surface area contributed by atoms with E-state index in [4.69, 9.17) is 5.11 Å². The minimum Gasteiger partial charge on any atom is -0.396 e. The first-order valence-corrected chi connectivity index (χ1v) is 6.88. The van der Waals surface area contributed by atoms with Crippen molar-refractivity contribution >= 4 is 0 Å². The average molecular weight is 320 g/mol. The van der Waals surface area contributed by atoms with E-state index < -0.39 is 0 Å². The summed E-state index contributed by atoms with van der Waals surface area (Å²) in [6.45, 7) is 2.45. The predicted molar refractivity (Wildman–Crippen MR) is 71.0 cm³/mol. The SMILES string of the molecule is Cc1[c-]cc(C2CCC(CCCO)CC2)cc1.[Y]. The maximum Gasteiger partial charge on any atom is 0.0431 e. The molecular weight excluding hydrogens is 297 g/mol. The van der Waals surface area contributed by atoms with Crippen molar-refractivity contribution in [3.05, 3.63) is 35.4 Å². The van der Waals surface area contributed by atoms with Crippen molar-refractivity contribution < 1.29 is 37.8 Å². The van der Waals surface area contributed by atoms with Crippen molar-refractivity contribution in [1.82, 2.24) is 0 Å². The van der Waals surface area contributed by atoms with E-state index in [0.717, 1.165) is 18.3 Å². The van der Waals surface area contributed by atoms with Crippen molar-refractivity contribution in [3.63, 3.8) is 0 Å². The van der Waals surface area contributed by atoms with Crippen LogP contribution in [-0.4, -0.2) is 11.7 Å². The third kappa shape index (κ3) is 4.75. The smallest absolute Gasteiger partial charge is 0.0431 e. The van der Waals surface area contributed by atoms with E-state index in [9.17, 15) is 0 Å². The number of hydrogen-bond donors (Lipinski definition) is 1. The summed E-state index contributed by atoms with van der Waals surface area (Å²) in [4.78, 5) is 0. The number of aryl methyl sites for hydroxylation is 1. The van der Waals surface area contributed by atoms with Crippen LogP contribution in [0.25, 0.3) is 0 Å². The first-order valence-electron chi connectivity index (χ1n) is 6.88. The maximum absolute atomic E-state index is 8.85. The van der Waals surface area contributed by atoms with Gasteiger partial charge in [-0.15, -0.1) is 0 Å². The van der Waals surface area contributed by atoms with E-state index in [1.54, 1.807) is 0 Å². The Morgan fingerprint density at radius 3 is 2.50 bits per heavy atom. The van der Waals surface area contributed by atoms with Crippen LogP contribution < -0.4 is 0 Å². The molecule has 0 saturated heterocycles. The van der Waals surface area contributed by atoms with Gasteiger partial charge < -0.3 is 5.11 Å². The molecule has 1 N–H and O–H groups in total. The Balaban J connectivity index is 0.00000162. The van der Waals surface area contributed by atoms with Gasteiger partial charge in [0.05, 0.1) is 0 Å². The Kier molecular flexibility index (Phi) is 7.67. The zero-order valence-corrected chi connectivity index (χ0v) is 14.2. The molecule has 0 aliphatic heterocycles. The second kappa shape index (κ2) is 8.45. The van der Waals surface area contributed by atoms with Crippen LogP contribution in [0.4, 0.5) is 0 Å². The number of aliphatic hydroxyl groups is 1. The molecule has 2 heteroatoms. The summed E-state index contributed by atoms with van der Waals surface area (Å²) < 4.78 is 0. The molecule has 97 valence electrons. The molecular formula is C16H23OY-. The van der Waals surface area contributed by atoms with Crippen LogP contribution in [0.3, 0.4) is 0 Å². The minimum atomic E-state index is 0. The van der Waals surface area contributed by atoms with Crippen LogP contribution in [0.15, 0.2) is 18.2 Å². The molecule has 0 amide bonds. The molecule has 1 aliphatic carbocycles. The summed E-state index contributed by atoms with van der Waals surface area (Å²) in [5.41, 5.74) is 2.70. The molecule has 18 heavy (non-hydrogen) atoms. The van der Waals surface area contributed by atoms with E-state index in [1.807, 2.05) is 0 Å². The minimum absolute atomic E-state index is 0. The predicted octanol–water partition coefficient (Wildman–Crippen LogP) is 3.84. The van der Waals surface area contributed by atoms with Gasteiger partial charge in [-0.3, -0.25) is 0 Å². The maximum atomic E-state index is 8.85. The van der Waals surface area contributed by atoms with Crippen LogP contribution in [0.1, 0.15) is 55.6 Å². The number of rotatable bonds is 4. The van der Waals surface area contributed by atoms with Gasteiger partial charge in [-0.1, -0.05) is 38.5 Å². The molecule has 0 bridgehead atoms. The molecule has 1 radical (unpaired) electrons. The summed E-state index contributed by atoms with van der Waals surface area (Å²) >= 11 is 0. The number of aliphatic hydroxyl groups excluding tert-OH is 1. The summed E-state index contributed by atoms with van der Waals surface area (Å²) in [5.74, 6) is 1.60. The molecule has 0 spiro atoms. The Hall–Kier alpha value is 0.284. The van der Waals surface area contributed by atoms with Crippen molar-refractivity contribution in [2.75, 3.05) is 6.61 Å². The quantitative estimate of drug-likeness (QED) is 0.836. The topological polar surface area (TPSA) is 20.2 Å². The molecule has 2 rings (SSSR count). The fourth-order valence-corrected chi connectivity index (χ4v) is 2.93. The average Bonchev–Trinajstić information content (AvgIpc) is 2.38. The zero-order chi connectivity index (χ0) is 12.1. The Bertz CT molecular complexity index is 325. The van der Waals surface area contributed by atoms with Gasteiger partial charge in [0.2, 0.25) is 0 Å². The summed E-state index contributed by atoms with van der Waals surface area (Å²) in [6.07, 6.45) is 7.48. The molecule has 0 unspecified atom stereocenters. The summed E-state index contributed by atoms with van der Waals surface area (Å²) in [7, 11) is 0. The van der Waals surface area contributed by atoms with Gasteiger partial charge >= 0.3 is 0 Å². The second-order valence-corrected chi connectivity index (χ2v) is 5.39. The first-order chi connectivity index (χ1) is 8.29. The normalized spacial score (nSPS) is 23.4. The van der Waals surface area contributed by atoms with Gasteiger partial charge in [-0.05, 0) is 18.8 Å². The van der Waals surface area contributed by atoms with Gasteiger partial charge in [0, 0.05) is 39.3 Å². The van der Waals surface area contributed by atoms with Gasteiger partial charge in [-0.2, -0.15) is 35.4 Å². The van der Waals surface area contributed by atoms with Crippen molar-refractivity contribution in [3.8, 4) is 0 Å². The molecule has 1 nitrogen and oxygen atoms in total. The van der Waals surface area contributed by atoms with Crippen molar-refractivity contribution in [2.45, 2.75) is 51.4 Å². The van der Waals surface area contributed by atoms with Crippen molar-refractivity contribution in [1.29, 1.82) is 0 Å². The molecule has 1 fully saturated rings. The van der Waals surface area contributed by atoms with Crippen LogP contribution in [0, 0.1) is 18.9 Å². The fraction of sp³-hybridized carbons (Fsp3) is 0.625. The van der Waals surface area contributed by atoms with E-state index >= 15 is 0 Å². The van der Waals surface area contributed by atoms with E-state index in [2.05, 4.69) is 31.2 Å². The van der Waals surface area contributed by atoms with Crippen LogP contribution >= 0.6 is 0 Å². The van der Waals surface area contributed by atoms with Gasteiger partial charge in [0.25, 0.3) is 0 Å². The number of benzene rings is 1. The summed E-state index contributed by atoms with van der Waals surface area (Å²) in [5, 5.41) is 8.85. The largest absolute Gasteiger partial charge is 0.396 e.